The fourth-order valence-electron chi connectivity index (χ4n) is 4.21. The third-order valence-corrected chi connectivity index (χ3v) is 6.45. The maximum Gasteiger partial charge on any atom is 0.254 e. The Labute approximate surface area is 199 Å². The van der Waals surface area contributed by atoms with Crippen LogP contribution in [0.1, 0.15) is 28.8 Å². The van der Waals surface area contributed by atoms with Crippen molar-refractivity contribution in [1.82, 2.24) is 14.7 Å². The molecule has 8 heteroatoms. The van der Waals surface area contributed by atoms with E-state index in [0.29, 0.717) is 61.4 Å². The van der Waals surface area contributed by atoms with Crippen LogP contribution in [-0.2, 0) is 11.4 Å². The molecule has 2 saturated heterocycles. The van der Waals surface area contributed by atoms with Gasteiger partial charge in [0.15, 0.2) is 11.5 Å². The SMILES string of the molecule is COc1cc(C(=O)N2CCN(CC(=O)N3CCCC3)CC2)ccc1OCc1ccc(Cl)cc1. The minimum atomic E-state index is -0.0388. The lowest BCUT2D eigenvalue weighted by atomic mass is 10.1. The number of likely N-dealkylation sites (tertiary alicyclic amines) is 1. The number of piperazine rings is 1. The van der Waals surface area contributed by atoms with Gasteiger partial charge in [-0.05, 0) is 48.7 Å². The van der Waals surface area contributed by atoms with Crippen molar-refractivity contribution in [2.24, 2.45) is 0 Å². The van der Waals surface area contributed by atoms with E-state index in [0.717, 1.165) is 31.5 Å². The number of ether oxygens (including phenoxy) is 2. The molecule has 0 radical (unpaired) electrons. The molecule has 2 fully saturated rings. The first-order chi connectivity index (χ1) is 16.0. The second-order valence-corrected chi connectivity index (χ2v) is 8.87. The van der Waals surface area contributed by atoms with E-state index in [1.54, 1.807) is 25.3 Å². The van der Waals surface area contributed by atoms with Crippen molar-refractivity contribution in [3.8, 4) is 11.5 Å². The van der Waals surface area contributed by atoms with Gasteiger partial charge in [-0.15, -0.1) is 0 Å². The third-order valence-electron chi connectivity index (χ3n) is 6.20. The maximum atomic E-state index is 13.1. The summed E-state index contributed by atoms with van der Waals surface area (Å²) in [5.74, 6) is 1.26. The lowest BCUT2D eigenvalue weighted by molar-refractivity contribution is -0.131. The van der Waals surface area contributed by atoms with Crippen molar-refractivity contribution in [1.29, 1.82) is 0 Å². The Kier molecular flexibility index (Phi) is 7.73. The Morgan fingerprint density at radius 3 is 2.24 bits per heavy atom. The van der Waals surface area contributed by atoms with Gasteiger partial charge in [0, 0.05) is 49.9 Å². The van der Waals surface area contributed by atoms with Crippen LogP contribution in [0, 0.1) is 0 Å². The Balaban J connectivity index is 1.31. The molecule has 33 heavy (non-hydrogen) atoms. The molecule has 7 nitrogen and oxygen atoms in total. The largest absolute Gasteiger partial charge is 0.493 e. The lowest BCUT2D eigenvalue weighted by Gasteiger charge is -2.35. The predicted octanol–water partition coefficient (Wildman–Crippen LogP) is 3.31. The van der Waals surface area contributed by atoms with Crippen LogP contribution in [0.25, 0.3) is 0 Å². The van der Waals surface area contributed by atoms with Gasteiger partial charge in [-0.1, -0.05) is 23.7 Å². The van der Waals surface area contributed by atoms with Crippen molar-refractivity contribution >= 4 is 23.4 Å². The van der Waals surface area contributed by atoms with Gasteiger partial charge in [-0.2, -0.15) is 0 Å². The molecule has 2 aromatic carbocycles. The van der Waals surface area contributed by atoms with E-state index in [9.17, 15) is 9.59 Å². The molecule has 0 aromatic heterocycles. The Morgan fingerprint density at radius 2 is 1.58 bits per heavy atom. The van der Waals surface area contributed by atoms with Crippen LogP contribution >= 0.6 is 11.6 Å². The van der Waals surface area contributed by atoms with Crippen LogP contribution in [0.5, 0.6) is 11.5 Å². The number of carbonyl (C=O) groups excluding carboxylic acids is 2. The summed E-state index contributed by atoms with van der Waals surface area (Å²) in [6.07, 6.45) is 2.20. The highest BCUT2D eigenvalue weighted by molar-refractivity contribution is 6.30. The zero-order valence-corrected chi connectivity index (χ0v) is 19.7. The maximum absolute atomic E-state index is 13.1. The monoisotopic (exact) mass is 471 g/mol. The first kappa shape index (κ1) is 23.4. The summed E-state index contributed by atoms with van der Waals surface area (Å²) in [4.78, 5) is 31.4. The van der Waals surface area contributed by atoms with E-state index in [2.05, 4.69) is 4.90 Å². The number of carbonyl (C=O) groups is 2. The smallest absolute Gasteiger partial charge is 0.254 e. The molecule has 0 N–H and O–H groups in total. The zero-order chi connectivity index (χ0) is 23.2. The predicted molar refractivity (Wildman–Crippen MR) is 127 cm³/mol. The number of benzene rings is 2. The fraction of sp³-hybridized carbons (Fsp3) is 0.440. The van der Waals surface area contributed by atoms with Gasteiger partial charge in [0.25, 0.3) is 5.91 Å². The van der Waals surface area contributed by atoms with Gasteiger partial charge in [-0.25, -0.2) is 0 Å². The third kappa shape index (κ3) is 5.97. The summed E-state index contributed by atoms with van der Waals surface area (Å²) < 4.78 is 11.4. The second-order valence-electron chi connectivity index (χ2n) is 8.44. The molecule has 0 saturated carbocycles. The molecule has 0 atom stereocenters. The van der Waals surface area contributed by atoms with Gasteiger partial charge in [0.05, 0.1) is 13.7 Å². The first-order valence-corrected chi connectivity index (χ1v) is 11.8. The molecular formula is C25H30ClN3O4. The number of hydrogen-bond donors (Lipinski definition) is 0. The highest BCUT2D eigenvalue weighted by Gasteiger charge is 2.26. The van der Waals surface area contributed by atoms with E-state index in [4.69, 9.17) is 21.1 Å². The van der Waals surface area contributed by atoms with Crippen LogP contribution in [-0.4, -0.2) is 79.4 Å². The first-order valence-electron chi connectivity index (χ1n) is 11.4. The van der Waals surface area contributed by atoms with Gasteiger partial charge in [0.2, 0.25) is 5.91 Å². The number of methoxy groups -OCH3 is 1. The van der Waals surface area contributed by atoms with Crippen LogP contribution in [0.3, 0.4) is 0 Å². The average molecular weight is 472 g/mol. The van der Waals surface area contributed by atoms with E-state index in [-0.39, 0.29) is 11.8 Å². The van der Waals surface area contributed by atoms with Gasteiger partial charge in [-0.3, -0.25) is 14.5 Å². The lowest BCUT2D eigenvalue weighted by Crippen LogP contribution is -2.51. The molecule has 2 aromatic rings. The van der Waals surface area contributed by atoms with E-state index >= 15 is 0 Å². The topological polar surface area (TPSA) is 62.3 Å². The number of nitrogens with zero attached hydrogens (tertiary/aromatic N) is 3. The molecule has 0 bridgehead atoms. The summed E-state index contributed by atoms with van der Waals surface area (Å²) in [6, 6.07) is 12.7. The number of hydrogen-bond acceptors (Lipinski definition) is 5. The van der Waals surface area contributed by atoms with Crippen LogP contribution in [0.2, 0.25) is 5.02 Å². The van der Waals surface area contributed by atoms with Gasteiger partial charge < -0.3 is 19.3 Å². The average Bonchev–Trinajstić information content (AvgIpc) is 3.39. The van der Waals surface area contributed by atoms with Crippen molar-refractivity contribution < 1.29 is 19.1 Å². The second kappa shape index (κ2) is 10.9. The van der Waals surface area contributed by atoms with Crippen LogP contribution in [0.4, 0.5) is 0 Å². The normalized spacial score (nSPS) is 16.7. The summed E-state index contributed by atoms with van der Waals surface area (Å²) in [7, 11) is 1.56. The Morgan fingerprint density at radius 1 is 0.879 bits per heavy atom. The van der Waals surface area contributed by atoms with Crippen molar-refractivity contribution in [2.45, 2.75) is 19.4 Å². The van der Waals surface area contributed by atoms with E-state index < -0.39 is 0 Å². The molecule has 2 amide bonds. The van der Waals surface area contributed by atoms with Gasteiger partial charge >= 0.3 is 0 Å². The van der Waals surface area contributed by atoms with Crippen molar-refractivity contribution in [3.05, 3.63) is 58.6 Å². The number of amides is 2. The molecule has 0 spiro atoms. The van der Waals surface area contributed by atoms with Crippen LogP contribution in [0.15, 0.2) is 42.5 Å². The van der Waals surface area contributed by atoms with Crippen LogP contribution < -0.4 is 9.47 Å². The molecule has 176 valence electrons. The van der Waals surface area contributed by atoms with E-state index in [1.807, 2.05) is 34.1 Å². The molecule has 2 aliphatic rings. The zero-order valence-electron chi connectivity index (χ0n) is 19.0. The van der Waals surface area contributed by atoms with Crippen molar-refractivity contribution in [2.75, 3.05) is 52.9 Å². The summed E-state index contributed by atoms with van der Waals surface area (Å²) in [6.45, 7) is 5.16. The fourth-order valence-corrected chi connectivity index (χ4v) is 4.34. The molecule has 4 rings (SSSR count). The quantitative estimate of drug-likeness (QED) is 0.620. The summed E-state index contributed by atoms with van der Waals surface area (Å²) in [5.41, 5.74) is 1.55. The van der Waals surface area contributed by atoms with E-state index in [1.165, 1.54) is 0 Å². The Bertz CT molecular complexity index is 968. The summed E-state index contributed by atoms with van der Waals surface area (Å²) in [5, 5.41) is 0.679. The Hall–Kier alpha value is -2.77. The molecule has 2 aliphatic heterocycles. The minimum Gasteiger partial charge on any atom is -0.493 e. The summed E-state index contributed by atoms with van der Waals surface area (Å²) >= 11 is 5.93. The molecule has 0 unspecified atom stereocenters. The number of halogens is 1. The number of rotatable bonds is 7. The van der Waals surface area contributed by atoms with Gasteiger partial charge in [0.1, 0.15) is 6.61 Å². The standard InChI is InChI=1S/C25H30ClN3O4/c1-32-23-16-20(6-9-22(23)33-18-19-4-7-21(26)8-5-19)25(31)29-14-12-27(13-15-29)17-24(30)28-10-2-3-11-28/h4-9,16H,2-3,10-15,17-18H2,1H3. The molecular weight excluding hydrogens is 442 g/mol. The van der Waals surface area contributed by atoms with Crippen molar-refractivity contribution in [3.63, 3.8) is 0 Å². The highest BCUT2D eigenvalue weighted by Crippen LogP contribution is 2.29. The molecule has 0 aliphatic carbocycles. The highest BCUT2D eigenvalue weighted by atomic mass is 35.5. The molecule has 2 heterocycles. The minimum absolute atomic E-state index is 0.0388.